The maximum atomic E-state index is 12.9. The standard InChI is InChI=1S/C27H17BrN4O4S3/c28-19-7-3-17(4-8-19)25(33)32-27-24(23-2-1-13-37-23)31-26(38-27)18(15-29)14-20-9-12-22(36-20)16-5-10-21(11-6-16)39(30,34)35/h1-14H,(H,32,33)(H2,30,34,35)/b18-14+. The van der Waals surface area contributed by atoms with Crippen molar-refractivity contribution in [3.63, 3.8) is 0 Å². The summed E-state index contributed by atoms with van der Waals surface area (Å²) in [7, 11) is -3.80. The van der Waals surface area contributed by atoms with Crippen LogP contribution in [0.2, 0.25) is 0 Å². The van der Waals surface area contributed by atoms with Gasteiger partial charge in [0.05, 0.1) is 15.3 Å². The van der Waals surface area contributed by atoms with Gasteiger partial charge in [-0.2, -0.15) is 5.26 Å². The van der Waals surface area contributed by atoms with E-state index in [0.717, 1.165) is 9.35 Å². The first kappa shape index (κ1) is 26.7. The monoisotopic (exact) mass is 636 g/mol. The van der Waals surface area contributed by atoms with Gasteiger partial charge in [-0.05, 0) is 72.1 Å². The van der Waals surface area contributed by atoms with Gasteiger partial charge >= 0.3 is 0 Å². The highest BCUT2D eigenvalue weighted by Crippen LogP contribution is 2.39. The lowest BCUT2D eigenvalue weighted by Crippen LogP contribution is -2.11. The molecule has 0 atom stereocenters. The van der Waals surface area contributed by atoms with E-state index in [1.54, 1.807) is 54.6 Å². The zero-order valence-electron chi connectivity index (χ0n) is 19.8. The van der Waals surface area contributed by atoms with Crippen molar-refractivity contribution in [2.45, 2.75) is 4.90 Å². The van der Waals surface area contributed by atoms with Crippen molar-refractivity contribution in [2.75, 3.05) is 5.32 Å². The van der Waals surface area contributed by atoms with E-state index < -0.39 is 10.0 Å². The predicted octanol–water partition coefficient (Wildman–Crippen LogP) is 6.86. The Kier molecular flexibility index (Phi) is 7.60. The van der Waals surface area contributed by atoms with Crippen LogP contribution < -0.4 is 10.5 Å². The number of halogens is 1. The van der Waals surface area contributed by atoms with Crippen LogP contribution in [0.15, 0.2) is 92.0 Å². The molecule has 0 aliphatic rings. The van der Waals surface area contributed by atoms with Crippen LogP contribution in [0.25, 0.3) is 33.5 Å². The SMILES string of the molecule is N#C/C(=C\c1ccc(-c2ccc(S(N)(=O)=O)cc2)o1)c1nc(-c2cccs2)c(NC(=O)c2ccc(Br)cc2)s1. The van der Waals surface area contributed by atoms with Gasteiger partial charge in [0.15, 0.2) is 0 Å². The molecule has 0 radical (unpaired) electrons. The maximum absolute atomic E-state index is 12.9. The minimum atomic E-state index is -3.80. The van der Waals surface area contributed by atoms with Crippen LogP contribution in [-0.2, 0) is 10.0 Å². The second kappa shape index (κ2) is 11.1. The molecule has 0 saturated carbocycles. The van der Waals surface area contributed by atoms with Crippen LogP contribution in [0.3, 0.4) is 0 Å². The summed E-state index contributed by atoms with van der Waals surface area (Å²) in [6.07, 6.45) is 1.57. The van der Waals surface area contributed by atoms with Gasteiger partial charge in [-0.1, -0.05) is 33.3 Å². The Morgan fingerprint density at radius 3 is 2.46 bits per heavy atom. The Labute approximate surface area is 240 Å². The second-order valence-corrected chi connectivity index (χ2v) is 12.5. The first-order valence-corrected chi connectivity index (χ1v) is 15.2. The highest BCUT2D eigenvalue weighted by Gasteiger charge is 2.20. The number of rotatable bonds is 7. The number of thiophene rings is 1. The number of nitrogens with zero attached hydrogens (tertiary/aromatic N) is 2. The third-order valence-electron chi connectivity index (χ3n) is 5.45. The number of anilines is 1. The summed E-state index contributed by atoms with van der Waals surface area (Å²) in [4.78, 5) is 18.5. The van der Waals surface area contributed by atoms with Gasteiger partial charge in [0.2, 0.25) is 10.0 Å². The summed E-state index contributed by atoms with van der Waals surface area (Å²) in [6.45, 7) is 0. The van der Waals surface area contributed by atoms with Crippen LogP contribution in [0.1, 0.15) is 21.1 Å². The smallest absolute Gasteiger partial charge is 0.256 e. The van der Waals surface area contributed by atoms with Crippen molar-refractivity contribution >= 4 is 71.2 Å². The number of amides is 1. The fourth-order valence-electron chi connectivity index (χ4n) is 3.56. The van der Waals surface area contributed by atoms with Crippen LogP contribution >= 0.6 is 38.6 Å². The van der Waals surface area contributed by atoms with Crippen molar-refractivity contribution in [2.24, 2.45) is 5.14 Å². The van der Waals surface area contributed by atoms with Crippen LogP contribution in [0.5, 0.6) is 0 Å². The summed E-state index contributed by atoms with van der Waals surface area (Å²) >= 11 is 6.04. The molecule has 8 nitrogen and oxygen atoms in total. The number of sulfonamides is 1. The number of nitrogens with one attached hydrogen (secondary N) is 1. The number of benzene rings is 2. The average molecular weight is 638 g/mol. The third kappa shape index (κ3) is 6.08. The van der Waals surface area contributed by atoms with E-state index in [0.29, 0.717) is 38.4 Å². The molecule has 1 amide bonds. The molecule has 0 spiro atoms. The van der Waals surface area contributed by atoms with Gasteiger partial charge < -0.3 is 9.73 Å². The van der Waals surface area contributed by atoms with Crippen molar-refractivity contribution < 1.29 is 17.6 Å². The largest absolute Gasteiger partial charge is 0.457 e. The molecule has 5 rings (SSSR count). The molecule has 5 aromatic rings. The number of carbonyl (C=O) groups excluding carboxylic acids is 1. The molecule has 0 unspecified atom stereocenters. The van der Waals surface area contributed by atoms with E-state index in [2.05, 4.69) is 32.3 Å². The second-order valence-electron chi connectivity index (χ2n) is 8.08. The van der Waals surface area contributed by atoms with E-state index in [1.807, 2.05) is 17.5 Å². The van der Waals surface area contributed by atoms with Crippen LogP contribution in [-0.4, -0.2) is 19.3 Å². The highest BCUT2D eigenvalue weighted by atomic mass is 79.9. The van der Waals surface area contributed by atoms with Crippen LogP contribution in [0.4, 0.5) is 5.00 Å². The Balaban J connectivity index is 1.45. The Bertz CT molecular complexity index is 1830. The van der Waals surface area contributed by atoms with E-state index in [9.17, 15) is 18.5 Å². The maximum Gasteiger partial charge on any atom is 0.256 e. The van der Waals surface area contributed by atoms with Crippen LogP contribution in [0, 0.1) is 11.3 Å². The van der Waals surface area contributed by atoms with E-state index in [1.165, 1.54) is 34.8 Å². The number of carbonyl (C=O) groups is 1. The fraction of sp³-hybridized carbons (Fsp3) is 0. The Morgan fingerprint density at radius 1 is 1.08 bits per heavy atom. The van der Waals surface area contributed by atoms with Gasteiger partial charge in [-0.3, -0.25) is 4.79 Å². The minimum absolute atomic E-state index is 0.00182. The number of nitrogens with two attached hydrogens (primary N) is 1. The molecule has 0 fully saturated rings. The quantitative estimate of drug-likeness (QED) is 0.187. The van der Waals surface area contributed by atoms with Gasteiger partial charge in [0, 0.05) is 21.7 Å². The van der Waals surface area contributed by atoms with Gasteiger partial charge in [0.25, 0.3) is 5.91 Å². The summed E-state index contributed by atoms with van der Waals surface area (Å²) in [5.74, 6) is 0.605. The topological polar surface area (TPSA) is 139 Å². The Hall–Kier alpha value is -3.86. The van der Waals surface area contributed by atoms with Gasteiger partial charge in [-0.15, -0.1) is 11.3 Å². The minimum Gasteiger partial charge on any atom is -0.457 e. The van der Waals surface area contributed by atoms with E-state index >= 15 is 0 Å². The zero-order valence-corrected chi connectivity index (χ0v) is 23.8. The number of allylic oxidation sites excluding steroid dienone is 1. The summed E-state index contributed by atoms with van der Waals surface area (Å²) in [5.41, 5.74) is 1.97. The number of furan rings is 1. The number of hydrogen-bond acceptors (Lipinski definition) is 8. The molecule has 194 valence electrons. The normalized spacial score (nSPS) is 11.8. The average Bonchev–Trinajstić information content (AvgIpc) is 3.68. The molecule has 2 aromatic carbocycles. The zero-order chi connectivity index (χ0) is 27.6. The Morgan fingerprint density at radius 2 is 1.82 bits per heavy atom. The molecular formula is C27H17BrN4O4S3. The van der Waals surface area contributed by atoms with E-state index in [-0.39, 0.29) is 16.4 Å². The predicted molar refractivity (Wildman–Crippen MR) is 157 cm³/mol. The number of nitriles is 1. The lowest BCUT2D eigenvalue weighted by atomic mass is 10.2. The lowest BCUT2D eigenvalue weighted by molar-refractivity contribution is 0.102. The summed E-state index contributed by atoms with van der Waals surface area (Å²) in [5, 5.41) is 20.9. The molecular weight excluding hydrogens is 620 g/mol. The molecule has 3 aromatic heterocycles. The molecule has 0 aliphatic heterocycles. The van der Waals surface area contributed by atoms with Gasteiger partial charge in [-0.25, -0.2) is 18.5 Å². The van der Waals surface area contributed by atoms with Crippen molar-refractivity contribution in [1.29, 1.82) is 5.26 Å². The lowest BCUT2D eigenvalue weighted by Gasteiger charge is -2.04. The molecule has 12 heteroatoms. The third-order valence-corrected chi connectivity index (χ3v) is 8.79. The highest BCUT2D eigenvalue weighted by molar-refractivity contribution is 9.10. The molecule has 0 aliphatic carbocycles. The van der Waals surface area contributed by atoms with Crippen molar-refractivity contribution in [1.82, 2.24) is 4.98 Å². The van der Waals surface area contributed by atoms with Gasteiger partial charge in [0.1, 0.15) is 33.3 Å². The number of hydrogen-bond donors (Lipinski definition) is 2. The van der Waals surface area contributed by atoms with Crippen molar-refractivity contribution in [3.8, 4) is 28.0 Å². The van der Waals surface area contributed by atoms with E-state index in [4.69, 9.17) is 9.56 Å². The summed E-state index contributed by atoms with van der Waals surface area (Å²) in [6, 6.07) is 22.3. The summed E-state index contributed by atoms with van der Waals surface area (Å²) < 4.78 is 29.8. The molecule has 3 N–H and O–H groups in total. The molecule has 39 heavy (non-hydrogen) atoms. The number of aromatic nitrogens is 1. The number of thiazole rings is 1. The van der Waals surface area contributed by atoms with Crippen molar-refractivity contribution in [3.05, 3.63) is 99.0 Å². The molecule has 0 bridgehead atoms. The molecule has 3 heterocycles. The number of primary sulfonamides is 1. The first-order valence-electron chi connectivity index (χ1n) is 11.2. The fourth-order valence-corrected chi connectivity index (χ4v) is 6.06. The molecule has 0 saturated heterocycles. The first-order chi connectivity index (χ1) is 18.7.